The van der Waals surface area contributed by atoms with Crippen LogP contribution in [0.1, 0.15) is 41.0 Å². The van der Waals surface area contributed by atoms with Gasteiger partial charge in [0.25, 0.3) is 0 Å². The van der Waals surface area contributed by atoms with Crippen LogP contribution in [0.25, 0.3) is 0 Å². The van der Waals surface area contributed by atoms with E-state index in [4.69, 9.17) is 9.47 Å². The Labute approximate surface area is 134 Å². The molecule has 0 fully saturated rings. The Morgan fingerprint density at radius 1 is 0.864 bits per heavy atom. The summed E-state index contributed by atoms with van der Waals surface area (Å²) in [5.74, 6) is 0. The van der Waals surface area contributed by atoms with E-state index < -0.39 is 0 Å². The minimum atomic E-state index is -0.304. The van der Waals surface area contributed by atoms with Gasteiger partial charge in [-0.05, 0) is 40.7 Å². The Morgan fingerprint density at radius 3 is 1.77 bits per heavy atom. The minimum Gasteiger partial charge on any atom is -0.449 e. The lowest BCUT2D eigenvalue weighted by atomic mass is 10.2. The van der Waals surface area contributed by atoms with Gasteiger partial charge in [0.05, 0.1) is 6.61 Å². The molecule has 0 aliphatic rings. The van der Waals surface area contributed by atoms with Gasteiger partial charge in [-0.2, -0.15) is 0 Å². The molecule has 6 nitrogen and oxygen atoms in total. The Balaban J connectivity index is 4.00. The lowest BCUT2D eigenvalue weighted by Gasteiger charge is -2.18. The molecule has 0 heterocycles. The van der Waals surface area contributed by atoms with E-state index >= 15 is 0 Å². The molecular weight excluding hydrogens is 284 g/mol. The van der Waals surface area contributed by atoms with E-state index in [2.05, 4.69) is 0 Å². The highest BCUT2D eigenvalue weighted by molar-refractivity contribution is 5.67. The molecule has 6 heteroatoms. The van der Waals surface area contributed by atoms with Gasteiger partial charge in [0, 0.05) is 32.6 Å². The Kier molecular flexibility index (Phi) is 11.0. The molecule has 0 aliphatic heterocycles. The number of hydrogen-bond donors (Lipinski definition) is 0. The van der Waals surface area contributed by atoms with Gasteiger partial charge in [-0.1, -0.05) is 5.57 Å². The fourth-order valence-electron chi connectivity index (χ4n) is 1.80. The minimum absolute atomic E-state index is 0.241. The average molecular weight is 314 g/mol. The molecule has 0 saturated heterocycles. The normalized spacial score (nSPS) is 11.0. The first-order chi connectivity index (χ1) is 10.5. The summed E-state index contributed by atoms with van der Waals surface area (Å²) in [7, 11) is 0. The highest BCUT2D eigenvalue weighted by Gasteiger charge is 2.10. The molecule has 0 N–H and O–H groups in total. The summed E-state index contributed by atoms with van der Waals surface area (Å²) < 4.78 is 10.3. The molecule has 22 heavy (non-hydrogen) atoms. The van der Waals surface area contributed by atoms with E-state index in [1.54, 1.807) is 9.80 Å². The van der Waals surface area contributed by atoms with Gasteiger partial charge < -0.3 is 19.3 Å². The predicted molar refractivity (Wildman–Crippen MR) is 86.9 cm³/mol. The van der Waals surface area contributed by atoms with Crippen molar-refractivity contribution in [1.82, 2.24) is 9.80 Å². The molecule has 128 valence electrons. The van der Waals surface area contributed by atoms with Gasteiger partial charge in [-0.3, -0.25) is 0 Å². The maximum atomic E-state index is 11.6. The molecule has 0 spiro atoms. The van der Waals surface area contributed by atoms with Crippen molar-refractivity contribution in [3.63, 3.8) is 0 Å². The molecule has 0 aromatic carbocycles. The van der Waals surface area contributed by atoms with Gasteiger partial charge in [-0.15, -0.1) is 0 Å². The molecule has 0 aromatic rings. The summed E-state index contributed by atoms with van der Waals surface area (Å²) in [5, 5.41) is 0. The second-order valence-corrected chi connectivity index (χ2v) is 4.84. The average Bonchev–Trinajstić information content (AvgIpc) is 2.49. The van der Waals surface area contributed by atoms with Crippen LogP contribution in [0.2, 0.25) is 0 Å². The van der Waals surface area contributed by atoms with Crippen molar-refractivity contribution < 1.29 is 19.1 Å². The van der Waals surface area contributed by atoms with Gasteiger partial charge in [0.1, 0.15) is 6.61 Å². The fourth-order valence-corrected chi connectivity index (χ4v) is 1.80. The fraction of sp³-hybridized carbons (Fsp3) is 0.750. The van der Waals surface area contributed by atoms with Crippen LogP contribution in [-0.4, -0.2) is 61.4 Å². The molecule has 0 radical (unpaired) electrons. The summed E-state index contributed by atoms with van der Waals surface area (Å²) >= 11 is 0. The van der Waals surface area contributed by atoms with Gasteiger partial charge in [0.2, 0.25) is 0 Å². The van der Waals surface area contributed by atoms with Crippen LogP contribution in [-0.2, 0) is 9.47 Å². The van der Waals surface area contributed by atoms with Crippen LogP contribution in [0.5, 0.6) is 0 Å². The number of ether oxygens (including phenoxy) is 2. The maximum absolute atomic E-state index is 11.6. The molecule has 0 unspecified atom stereocenters. The van der Waals surface area contributed by atoms with Crippen LogP contribution in [0.4, 0.5) is 9.59 Å². The number of carbonyl (C=O) groups excluding carboxylic acids is 2. The Bertz CT molecular complexity index is 361. The molecule has 0 rings (SSSR count). The van der Waals surface area contributed by atoms with Crippen molar-refractivity contribution in [2.45, 2.75) is 41.0 Å². The third-order valence-corrected chi connectivity index (χ3v) is 3.40. The monoisotopic (exact) mass is 314 g/mol. The molecule has 2 amide bonds. The molecule has 0 aromatic heterocycles. The summed E-state index contributed by atoms with van der Waals surface area (Å²) in [5.41, 5.74) is 1.03. The van der Waals surface area contributed by atoms with Crippen LogP contribution in [0.3, 0.4) is 0 Å². The number of amides is 2. The lowest BCUT2D eigenvalue weighted by Crippen LogP contribution is -2.31. The van der Waals surface area contributed by atoms with Crippen molar-refractivity contribution in [3.8, 4) is 0 Å². The summed E-state index contributed by atoms with van der Waals surface area (Å²) in [4.78, 5) is 26.5. The van der Waals surface area contributed by atoms with E-state index in [-0.39, 0.29) is 18.8 Å². The van der Waals surface area contributed by atoms with Crippen LogP contribution < -0.4 is 0 Å². The highest BCUT2D eigenvalue weighted by atomic mass is 16.6. The Morgan fingerprint density at radius 2 is 1.32 bits per heavy atom. The van der Waals surface area contributed by atoms with Crippen LogP contribution >= 0.6 is 0 Å². The zero-order chi connectivity index (χ0) is 17.0. The molecule has 0 aliphatic carbocycles. The largest absolute Gasteiger partial charge is 0.449 e. The van der Waals surface area contributed by atoms with Crippen molar-refractivity contribution in [3.05, 3.63) is 11.6 Å². The highest BCUT2D eigenvalue weighted by Crippen LogP contribution is 2.03. The van der Waals surface area contributed by atoms with Crippen LogP contribution in [0, 0.1) is 0 Å². The SMILES string of the molecule is CCN(CC)C(=O)OC/C=C(\C)CCOC(=O)N(CC)CC. The second-order valence-electron chi connectivity index (χ2n) is 4.84. The third-order valence-electron chi connectivity index (χ3n) is 3.40. The van der Waals surface area contributed by atoms with E-state index in [1.807, 2.05) is 40.7 Å². The molecule has 0 bridgehead atoms. The first-order valence-corrected chi connectivity index (χ1v) is 7.98. The van der Waals surface area contributed by atoms with E-state index in [1.165, 1.54) is 0 Å². The van der Waals surface area contributed by atoms with E-state index in [0.717, 1.165) is 5.57 Å². The van der Waals surface area contributed by atoms with Gasteiger partial charge >= 0.3 is 12.2 Å². The van der Waals surface area contributed by atoms with Crippen LogP contribution in [0.15, 0.2) is 11.6 Å². The lowest BCUT2D eigenvalue weighted by molar-refractivity contribution is 0.107. The number of carbonyl (C=O) groups is 2. The van der Waals surface area contributed by atoms with Crippen molar-refractivity contribution >= 4 is 12.2 Å². The summed E-state index contributed by atoms with van der Waals surface area (Å²) in [6.45, 7) is 12.7. The smallest absolute Gasteiger partial charge is 0.410 e. The molecule has 0 saturated carbocycles. The number of hydrogen-bond acceptors (Lipinski definition) is 4. The van der Waals surface area contributed by atoms with Crippen molar-refractivity contribution in [1.29, 1.82) is 0 Å². The van der Waals surface area contributed by atoms with Gasteiger partial charge in [-0.25, -0.2) is 9.59 Å². The maximum Gasteiger partial charge on any atom is 0.410 e. The first-order valence-electron chi connectivity index (χ1n) is 7.98. The molecule has 0 atom stereocenters. The van der Waals surface area contributed by atoms with Gasteiger partial charge in [0.15, 0.2) is 0 Å². The Hall–Kier alpha value is -1.72. The first kappa shape index (κ1) is 20.3. The van der Waals surface area contributed by atoms with Crippen molar-refractivity contribution in [2.24, 2.45) is 0 Å². The topological polar surface area (TPSA) is 59.1 Å². The van der Waals surface area contributed by atoms with E-state index in [9.17, 15) is 9.59 Å². The summed E-state index contributed by atoms with van der Waals surface area (Å²) in [6, 6.07) is 0. The third kappa shape index (κ3) is 7.90. The van der Waals surface area contributed by atoms with E-state index in [0.29, 0.717) is 39.2 Å². The zero-order valence-corrected chi connectivity index (χ0v) is 14.6. The predicted octanol–water partition coefficient (Wildman–Crippen LogP) is 3.28. The van der Waals surface area contributed by atoms with Crippen molar-refractivity contribution in [2.75, 3.05) is 39.4 Å². The zero-order valence-electron chi connectivity index (χ0n) is 14.6. The summed E-state index contributed by atoms with van der Waals surface area (Å²) in [6.07, 6.45) is 1.88. The number of nitrogens with zero attached hydrogens (tertiary/aromatic N) is 2. The second kappa shape index (κ2) is 11.9. The molecular formula is C16H30N2O4. The standard InChI is InChI=1S/C16H30N2O4/c1-6-17(7-2)15(19)21-12-10-14(5)11-13-22-16(20)18(8-3)9-4/h10H,6-9,11-13H2,1-5H3/b14-10+. The number of rotatable bonds is 9. The quantitative estimate of drug-likeness (QED) is 0.613.